The van der Waals surface area contributed by atoms with Crippen LogP contribution < -0.4 is 0 Å². The van der Waals surface area contributed by atoms with Gasteiger partial charge >= 0.3 is 0 Å². The normalized spacial score (nSPS) is 17.8. The van der Waals surface area contributed by atoms with Crippen LogP contribution in [-0.4, -0.2) is 38.5 Å². The van der Waals surface area contributed by atoms with E-state index in [9.17, 15) is 9.18 Å². The van der Waals surface area contributed by atoms with Gasteiger partial charge in [-0.25, -0.2) is 4.39 Å². The van der Waals surface area contributed by atoms with Crippen molar-refractivity contribution in [2.24, 2.45) is 0 Å². The molecule has 0 N–H and O–H groups in total. The first kappa shape index (κ1) is 16.2. The lowest BCUT2D eigenvalue weighted by Crippen LogP contribution is -2.39. The molecule has 1 saturated heterocycles. The van der Waals surface area contributed by atoms with E-state index in [0.29, 0.717) is 23.1 Å². The second-order valence-corrected chi connectivity index (χ2v) is 7.06. The number of fused-ring (bicyclic) bond motifs is 1. The molecule has 1 aliphatic rings. The Morgan fingerprint density at radius 3 is 2.96 bits per heavy atom. The van der Waals surface area contributed by atoms with Crippen LogP contribution >= 0.6 is 15.9 Å². The molecular formula is C18H16BrFN4O. The van der Waals surface area contributed by atoms with Crippen LogP contribution in [-0.2, 0) is 0 Å². The molecule has 0 saturated carbocycles. The summed E-state index contributed by atoms with van der Waals surface area (Å²) in [4.78, 5) is 14.7. The molecule has 2 aromatic heterocycles. The van der Waals surface area contributed by atoms with E-state index in [2.05, 4.69) is 26.1 Å². The highest BCUT2D eigenvalue weighted by atomic mass is 79.9. The van der Waals surface area contributed by atoms with Crippen LogP contribution in [0.4, 0.5) is 4.39 Å². The minimum atomic E-state index is -0.366. The summed E-state index contributed by atoms with van der Waals surface area (Å²) in [5.41, 5.74) is 1.29. The van der Waals surface area contributed by atoms with Crippen molar-refractivity contribution >= 4 is 27.5 Å². The molecule has 128 valence electrons. The quantitative estimate of drug-likeness (QED) is 0.657. The van der Waals surface area contributed by atoms with Gasteiger partial charge in [0.1, 0.15) is 11.6 Å². The maximum atomic E-state index is 13.3. The Labute approximate surface area is 152 Å². The smallest absolute Gasteiger partial charge is 0.255 e. The van der Waals surface area contributed by atoms with Crippen LogP contribution in [0.5, 0.6) is 0 Å². The van der Waals surface area contributed by atoms with Crippen molar-refractivity contribution in [2.45, 2.75) is 18.8 Å². The molecular weight excluding hydrogens is 387 g/mol. The van der Waals surface area contributed by atoms with Gasteiger partial charge in [0, 0.05) is 29.7 Å². The van der Waals surface area contributed by atoms with Gasteiger partial charge in [-0.2, -0.15) is 0 Å². The number of carbonyl (C=O) groups is 1. The van der Waals surface area contributed by atoms with Gasteiger partial charge in [-0.1, -0.05) is 6.07 Å². The Hall–Kier alpha value is -2.28. The molecule has 1 fully saturated rings. The predicted molar refractivity (Wildman–Crippen MR) is 95.0 cm³/mol. The van der Waals surface area contributed by atoms with Crippen LogP contribution in [0.3, 0.4) is 0 Å². The number of carbonyl (C=O) groups excluding carboxylic acids is 1. The molecule has 0 radical (unpaired) electrons. The summed E-state index contributed by atoms with van der Waals surface area (Å²) >= 11 is 3.29. The van der Waals surface area contributed by atoms with E-state index in [1.165, 1.54) is 18.2 Å². The lowest BCUT2D eigenvalue weighted by Gasteiger charge is -2.32. The first-order chi connectivity index (χ1) is 12.1. The molecule has 3 heterocycles. The molecule has 25 heavy (non-hydrogen) atoms. The summed E-state index contributed by atoms with van der Waals surface area (Å²) in [5, 5.41) is 8.54. The molecule has 1 aliphatic heterocycles. The van der Waals surface area contributed by atoms with Crippen LogP contribution in [0.15, 0.2) is 47.1 Å². The molecule has 0 bridgehead atoms. The number of aromatic nitrogens is 3. The average Bonchev–Trinajstić information content (AvgIpc) is 3.05. The van der Waals surface area contributed by atoms with Gasteiger partial charge < -0.3 is 4.90 Å². The van der Waals surface area contributed by atoms with Gasteiger partial charge in [0.15, 0.2) is 5.65 Å². The van der Waals surface area contributed by atoms with E-state index < -0.39 is 0 Å². The maximum Gasteiger partial charge on any atom is 0.255 e. The van der Waals surface area contributed by atoms with Crippen LogP contribution in [0.1, 0.15) is 34.9 Å². The zero-order valence-corrected chi connectivity index (χ0v) is 15.0. The first-order valence-corrected chi connectivity index (χ1v) is 8.97. The van der Waals surface area contributed by atoms with E-state index in [1.807, 2.05) is 33.7 Å². The Balaban J connectivity index is 1.59. The summed E-state index contributed by atoms with van der Waals surface area (Å²) in [7, 11) is 0. The number of amides is 1. The van der Waals surface area contributed by atoms with Gasteiger partial charge in [0.2, 0.25) is 0 Å². The number of hydrogen-bond donors (Lipinski definition) is 0. The van der Waals surface area contributed by atoms with Crippen molar-refractivity contribution in [2.75, 3.05) is 13.1 Å². The Bertz CT molecular complexity index is 942. The molecule has 4 rings (SSSR count). The van der Waals surface area contributed by atoms with Crippen LogP contribution in [0.2, 0.25) is 0 Å². The van der Waals surface area contributed by atoms with Gasteiger partial charge in [-0.3, -0.25) is 9.20 Å². The summed E-state index contributed by atoms with van der Waals surface area (Å²) < 4.78 is 15.7. The van der Waals surface area contributed by atoms with Crippen molar-refractivity contribution in [3.63, 3.8) is 0 Å². The van der Waals surface area contributed by atoms with Crippen molar-refractivity contribution in [1.29, 1.82) is 0 Å². The Kier molecular flexibility index (Phi) is 4.25. The van der Waals surface area contributed by atoms with Gasteiger partial charge in [-0.05, 0) is 59.1 Å². The van der Waals surface area contributed by atoms with Crippen LogP contribution in [0, 0.1) is 5.82 Å². The third-order valence-electron chi connectivity index (χ3n) is 4.58. The third-order valence-corrected chi connectivity index (χ3v) is 5.23. The SMILES string of the molecule is O=C(c1ccc(F)cc1Br)N1CCCC(c2nnc3ccccn23)C1. The minimum absolute atomic E-state index is 0.0922. The Morgan fingerprint density at radius 2 is 2.12 bits per heavy atom. The largest absolute Gasteiger partial charge is 0.338 e. The van der Waals surface area contributed by atoms with E-state index in [4.69, 9.17) is 0 Å². The number of benzene rings is 1. The fourth-order valence-corrected chi connectivity index (χ4v) is 3.86. The third kappa shape index (κ3) is 3.04. The highest BCUT2D eigenvalue weighted by Crippen LogP contribution is 2.28. The fourth-order valence-electron chi connectivity index (χ4n) is 3.34. The first-order valence-electron chi connectivity index (χ1n) is 8.17. The highest BCUT2D eigenvalue weighted by Gasteiger charge is 2.29. The van der Waals surface area contributed by atoms with Crippen molar-refractivity contribution in [1.82, 2.24) is 19.5 Å². The molecule has 5 nitrogen and oxygen atoms in total. The summed E-state index contributed by atoms with van der Waals surface area (Å²) in [5.74, 6) is 0.556. The van der Waals surface area contributed by atoms with Crippen molar-refractivity contribution < 1.29 is 9.18 Å². The fraction of sp³-hybridized carbons (Fsp3) is 0.278. The second kappa shape index (κ2) is 6.55. The molecule has 0 spiro atoms. The number of piperidine rings is 1. The van der Waals surface area contributed by atoms with E-state index in [1.54, 1.807) is 0 Å². The zero-order chi connectivity index (χ0) is 17.4. The average molecular weight is 403 g/mol. The number of hydrogen-bond acceptors (Lipinski definition) is 3. The molecule has 1 amide bonds. The standard InChI is InChI=1S/C18H16BrFN4O/c19-15-10-13(20)6-7-14(15)18(25)23-8-3-4-12(11-23)17-22-21-16-5-1-2-9-24(16)17/h1-2,5-7,9-10,12H,3-4,8,11H2. The summed E-state index contributed by atoms with van der Waals surface area (Å²) in [6, 6.07) is 9.94. The summed E-state index contributed by atoms with van der Waals surface area (Å²) in [6.07, 6.45) is 3.81. The predicted octanol–water partition coefficient (Wildman–Crippen LogP) is 3.65. The van der Waals surface area contributed by atoms with E-state index >= 15 is 0 Å². The number of nitrogens with zero attached hydrogens (tertiary/aromatic N) is 4. The maximum absolute atomic E-state index is 13.3. The lowest BCUT2D eigenvalue weighted by molar-refractivity contribution is 0.0703. The topological polar surface area (TPSA) is 50.5 Å². The lowest BCUT2D eigenvalue weighted by atomic mass is 9.96. The number of pyridine rings is 1. The van der Waals surface area contributed by atoms with Gasteiger partial charge in [-0.15, -0.1) is 10.2 Å². The van der Waals surface area contributed by atoms with Crippen molar-refractivity contribution in [3.8, 4) is 0 Å². The second-order valence-electron chi connectivity index (χ2n) is 6.20. The molecule has 3 aromatic rings. The van der Waals surface area contributed by atoms with Crippen LogP contribution in [0.25, 0.3) is 5.65 Å². The molecule has 0 aliphatic carbocycles. The zero-order valence-electron chi connectivity index (χ0n) is 13.4. The highest BCUT2D eigenvalue weighted by molar-refractivity contribution is 9.10. The van der Waals surface area contributed by atoms with Gasteiger partial charge in [0.25, 0.3) is 5.91 Å². The molecule has 7 heteroatoms. The molecule has 1 atom stereocenters. The summed E-state index contributed by atoms with van der Waals surface area (Å²) in [6.45, 7) is 1.27. The van der Waals surface area contributed by atoms with E-state index in [0.717, 1.165) is 24.3 Å². The number of likely N-dealkylation sites (tertiary alicyclic amines) is 1. The Morgan fingerprint density at radius 1 is 1.24 bits per heavy atom. The molecule has 1 aromatic carbocycles. The minimum Gasteiger partial charge on any atom is -0.338 e. The van der Waals surface area contributed by atoms with E-state index in [-0.39, 0.29) is 17.6 Å². The molecule has 1 unspecified atom stereocenters. The monoisotopic (exact) mass is 402 g/mol. The number of halogens is 2. The van der Waals surface area contributed by atoms with Gasteiger partial charge in [0.05, 0.1) is 5.56 Å². The number of rotatable bonds is 2. The van der Waals surface area contributed by atoms with Crippen molar-refractivity contribution in [3.05, 3.63) is 64.3 Å².